The summed E-state index contributed by atoms with van der Waals surface area (Å²) in [6, 6.07) is 4.86. The molecule has 66 valence electrons. The normalized spacial score (nSPS) is 8.17. The van der Waals surface area contributed by atoms with Gasteiger partial charge in [-0.25, -0.2) is 0 Å². The van der Waals surface area contributed by atoms with Crippen LogP contribution < -0.4 is 16.6 Å². The molecule has 12 heavy (non-hydrogen) atoms. The summed E-state index contributed by atoms with van der Waals surface area (Å²) in [4.78, 5) is 10.1. The second-order valence-electron chi connectivity index (χ2n) is 1.91. The smallest absolute Gasteiger partial charge is 0.278 e. The van der Waals surface area contributed by atoms with E-state index in [1.54, 1.807) is 23.4 Å². The van der Waals surface area contributed by atoms with Gasteiger partial charge in [-0.1, -0.05) is 6.07 Å². The van der Waals surface area contributed by atoms with Crippen molar-refractivity contribution in [2.45, 2.75) is 0 Å². The van der Waals surface area contributed by atoms with Gasteiger partial charge < -0.3 is 16.6 Å². The van der Waals surface area contributed by atoms with Crippen LogP contribution in [0.1, 0.15) is 0 Å². The van der Waals surface area contributed by atoms with Crippen LogP contribution in [0.15, 0.2) is 18.2 Å². The molecule has 0 fully saturated rings. The minimum absolute atomic E-state index is 0.303. The first-order chi connectivity index (χ1) is 5.75. The Kier molecular flexibility index (Phi) is 4.40. The summed E-state index contributed by atoms with van der Waals surface area (Å²) in [5, 5.41) is 8.68. The van der Waals surface area contributed by atoms with Gasteiger partial charge in [0, 0.05) is 23.3 Å². The molecule has 1 rings (SSSR count). The zero-order valence-corrected chi connectivity index (χ0v) is 6.74. The van der Waals surface area contributed by atoms with E-state index in [2.05, 4.69) is 0 Å². The Hall–Kier alpha value is -1.62. The molecule has 0 saturated carbocycles. The SMILES string of the molecule is CO.Nc1cccc([NH+]=O)c1N. The first kappa shape index (κ1) is 10.4. The van der Waals surface area contributed by atoms with E-state index in [-0.39, 0.29) is 0 Å². The molecule has 6 N–H and O–H groups in total. The number of nitroso groups, excluding NO2 is 1. The molecular formula is C7H12N3O2+. The molecule has 5 nitrogen and oxygen atoms in total. The molecule has 0 saturated heterocycles. The molecule has 0 heterocycles. The van der Waals surface area contributed by atoms with Gasteiger partial charge in [0.15, 0.2) is 0 Å². The van der Waals surface area contributed by atoms with E-state index >= 15 is 0 Å². The fourth-order valence-corrected chi connectivity index (χ4v) is 0.672. The summed E-state index contributed by atoms with van der Waals surface area (Å²) >= 11 is 0. The lowest BCUT2D eigenvalue weighted by Gasteiger charge is -1.94. The first-order valence-corrected chi connectivity index (χ1v) is 3.22. The van der Waals surface area contributed by atoms with Crippen LogP contribution in [0.25, 0.3) is 0 Å². The maximum Gasteiger partial charge on any atom is 0.278 e. The fourth-order valence-electron chi connectivity index (χ4n) is 0.672. The van der Waals surface area contributed by atoms with Gasteiger partial charge in [-0.05, 0) is 6.07 Å². The van der Waals surface area contributed by atoms with Gasteiger partial charge in [0.05, 0.1) is 5.69 Å². The minimum Gasteiger partial charge on any atom is -0.400 e. The standard InChI is InChI=1S/C6H7N3O.CH4O/c7-4-2-1-3-5(9-10)6(4)8;1-2/h1-3H,7-8H2;2H,1H3/p+1. The number of nitrogen functional groups attached to an aromatic ring is 2. The van der Waals surface area contributed by atoms with Crippen LogP contribution in [0.5, 0.6) is 0 Å². The number of benzene rings is 1. The number of hydrogen-bond donors (Lipinski definition) is 4. The summed E-state index contributed by atoms with van der Waals surface area (Å²) in [5.74, 6) is 0. The largest absolute Gasteiger partial charge is 0.400 e. The van der Waals surface area contributed by atoms with E-state index in [0.717, 1.165) is 7.11 Å². The van der Waals surface area contributed by atoms with Crippen LogP contribution in [0, 0.1) is 4.91 Å². The highest BCUT2D eigenvalue weighted by Crippen LogP contribution is 2.19. The van der Waals surface area contributed by atoms with Crippen LogP contribution in [0.4, 0.5) is 17.1 Å². The van der Waals surface area contributed by atoms with Gasteiger partial charge in [-0.2, -0.15) is 0 Å². The summed E-state index contributed by atoms with van der Waals surface area (Å²) in [7, 11) is 1.00. The molecule has 0 aliphatic heterocycles. The zero-order valence-electron chi connectivity index (χ0n) is 6.74. The van der Waals surface area contributed by atoms with E-state index in [1.807, 2.05) is 0 Å². The Morgan fingerprint density at radius 3 is 2.33 bits per heavy atom. The third kappa shape index (κ3) is 2.21. The molecule has 0 spiro atoms. The highest BCUT2D eigenvalue weighted by molar-refractivity contribution is 5.73. The van der Waals surface area contributed by atoms with Crippen LogP contribution in [0.2, 0.25) is 0 Å². The molecule has 0 radical (unpaired) electrons. The van der Waals surface area contributed by atoms with E-state index in [9.17, 15) is 4.91 Å². The number of para-hydroxylation sites is 1. The molecule has 0 aliphatic rings. The molecule has 1 aromatic rings. The molecule has 0 amide bonds. The van der Waals surface area contributed by atoms with Crippen molar-refractivity contribution in [3.05, 3.63) is 23.1 Å². The quantitative estimate of drug-likeness (QED) is 0.403. The summed E-state index contributed by atoms with van der Waals surface area (Å²) in [5.41, 5.74) is 11.8. The number of rotatable bonds is 1. The van der Waals surface area contributed by atoms with Gasteiger partial charge in [-0.15, -0.1) is 0 Å². The maximum absolute atomic E-state index is 10.1. The predicted octanol–water partition coefficient (Wildman–Crippen LogP) is -1.06. The molecule has 0 aromatic heterocycles. The molecule has 1 aromatic carbocycles. The Morgan fingerprint density at radius 1 is 1.33 bits per heavy atom. The topological polar surface area (TPSA) is 103 Å². The van der Waals surface area contributed by atoms with E-state index in [4.69, 9.17) is 16.6 Å². The molecule has 5 heteroatoms. The number of aliphatic hydroxyl groups is 1. The van der Waals surface area contributed by atoms with E-state index in [1.165, 1.54) is 0 Å². The highest BCUT2D eigenvalue weighted by Gasteiger charge is 2.05. The molecule has 0 aliphatic carbocycles. The molecule has 0 unspecified atom stereocenters. The number of anilines is 2. The Balaban J connectivity index is 0.000000561. The summed E-state index contributed by atoms with van der Waals surface area (Å²) in [6.07, 6.45) is 0. The first-order valence-electron chi connectivity index (χ1n) is 3.22. The predicted molar refractivity (Wildman–Crippen MR) is 47.4 cm³/mol. The molecular weight excluding hydrogens is 158 g/mol. The lowest BCUT2D eigenvalue weighted by molar-refractivity contribution is -0.378. The van der Waals surface area contributed by atoms with Crippen LogP contribution >= 0.6 is 0 Å². The van der Waals surface area contributed by atoms with Crippen molar-refractivity contribution in [1.29, 1.82) is 0 Å². The molecule has 0 atom stereocenters. The van der Waals surface area contributed by atoms with Crippen molar-refractivity contribution in [2.75, 3.05) is 18.6 Å². The van der Waals surface area contributed by atoms with Crippen LogP contribution in [-0.2, 0) is 0 Å². The van der Waals surface area contributed by atoms with Crippen molar-refractivity contribution in [2.24, 2.45) is 0 Å². The monoisotopic (exact) mass is 170 g/mol. The van der Waals surface area contributed by atoms with Gasteiger partial charge in [0.25, 0.3) is 5.69 Å². The average Bonchev–Trinajstić information content (AvgIpc) is 2.13. The summed E-state index contributed by atoms with van der Waals surface area (Å²) < 4.78 is 0. The Labute approximate surface area is 70.0 Å². The van der Waals surface area contributed by atoms with Crippen LogP contribution in [-0.4, -0.2) is 12.2 Å². The molecule has 0 bridgehead atoms. The Bertz CT molecular complexity index is 263. The van der Waals surface area contributed by atoms with Crippen molar-refractivity contribution in [3.63, 3.8) is 0 Å². The fraction of sp³-hybridized carbons (Fsp3) is 0.143. The maximum atomic E-state index is 10.1. The number of aliphatic hydroxyl groups excluding tert-OH is 1. The zero-order chi connectivity index (χ0) is 9.56. The van der Waals surface area contributed by atoms with Crippen LogP contribution in [0.3, 0.4) is 0 Å². The van der Waals surface area contributed by atoms with Crippen molar-refractivity contribution in [3.8, 4) is 0 Å². The van der Waals surface area contributed by atoms with E-state index in [0.29, 0.717) is 17.1 Å². The summed E-state index contributed by atoms with van der Waals surface area (Å²) in [6.45, 7) is 0. The van der Waals surface area contributed by atoms with Crippen molar-refractivity contribution >= 4 is 17.1 Å². The Morgan fingerprint density at radius 2 is 1.92 bits per heavy atom. The number of hydrogen-bond acceptors (Lipinski definition) is 4. The average molecular weight is 170 g/mol. The second-order valence-corrected chi connectivity index (χ2v) is 1.91. The van der Waals surface area contributed by atoms with Gasteiger partial charge in [0.1, 0.15) is 5.69 Å². The highest BCUT2D eigenvalue weighted by atomic mass is 16.3. The minimum atomic E-state index is 0.303. The lowest BCUT2D eigenvalue weighted by Crippen LogP contribution is -2.56. The van der Waals surface area contributed by atoms with E-state index < -0.39 is 0 Å². The van der Waals surface area contributed by atoms with Crippen molar-refractivity contribution < 1.29 is 10.3 Å². The third-order valence-corrected chi connectivity index (χ3v) is 1.25. The van der Waals surface area contributed by atoms with Gasteiger partial charge in [-0.3, -0.25) is 0 Å². The van der Waals surface area contributed by atoms with Crippen molar-refractivity contribution in [1.82, 2.24) is 0 Å². The lowest BCUT2D eigenvalue weighted by atomic mass is 10.2. The van der Waals surface area contributed by atoms with Gasteiger partial charge in [0.2, 0.25) is 0 Å². The number of nitrogens with two attached hydrogens (primary N) is 2. The third-order valence-electron chi connectivity index (χ3n) is 1.25. The second kappa shape index (κ2) is 5.09. The van der Waals surface area contributed by atoms with Gasteiger partial charge >= 0.3 is 0 Å². The number of nitrogens with one attached hydrogen (secondary N) is 1.